The lowest BCUT2D eigenvalue weighted by Crippen LogP contribution is -2.46. The van der Waals surface area contributed by atoms with Gasteiger partial charge in [-0.25, -0.2) is 0 Å². The Morgan fingerprint density at radius 2 is 1.56 bits per heavy atom. The van der Waals surface area contributed by atoms with Crippen molar-refractivity contribution >= 4 is 11.6 Å². The Hall–Kier alpha value is -3.51. The molecule has 1 amide bonds. The Morgan fingerprint density at radius 1 is 0.833 bits per heavy atom. The molecule has 0 aliphatic carbocycles. The fourth-order valence-electron chi connectivity index (χ4n) is 4.75. The van der Waals surface area contributed by atoms with Gasteiger partial charge in [0.25, 0.3) is 0 Å². The highest BCUT2D eigenvalue weighted by Gasteiger charge is 2.19. The number of amides is 1. The fourth-order valence-corrected chi connectivity index (χ4v) is 4.75. The van der Waals surface area contributed by atoms with Gasteiger partial charge in [0, 0.05) is 44.7 Å². The van der Waals surface area contributed by atoms with Gasteiger partial charge in [0.05, 0.1) is 19.9 Å². The number of ether oxygens (including phenoxy) is 2. The number of carbonyl (C=O) groups is 1. The summed E-state index contributed by atoms with van der Waals surface area (Å²) in [6.07, 6.45) is 2.50. The number of anilines is 1. The molecule has 1 saturated heterocycles. The van der Waals surface area contributed by atoms with Gasteiger partial charge in [0.1, 0.15) is 11.5 Å². The van der Waals surface area contributed by atoms with E-state index >= 15 is 0 Å². The number of methoxy groups -OCH3 is 2. The summed E-state index contributed by atoms with van der Waals surface area (Å²) in [4.78, 5) is 17.3. The molecule has 0 spiro atoms. The van der Waals surface area contributed by atoms with Gasteiger partial charge in [0.2, 0.25) is 5.91 Å². The third-order valence-electron chi connectivity index (χ3n) is 6.76. The Kier molecular flexibility index (Phi) is 9.22. The van der Waals surface area contributed by atoms with Crippen LogP contribution in [0.15, 0.2) is 72.8 Å². The standard InChI is InChI=1S/C30H37N3O3/c1-35-28-14-5-3-12-26(28)25-11-9-10-24(22-25)23-31-30(34)16-7-8-17-32-18-20-33(21-19-32)27-13-4-6-15-29(27)36-2/h3-6,9-15,22H,7-8,16-21,23H2,1-2H3,(H,31,34). The smallest absolute Gasteiger partial charge is 0.220 e. The zero-order chi connectivity index (χ0) is 25.2. The van der Waals surface area contributed by atoms with E-state index in [0.717, 1.165) is 73.8 Å². The van der Waals surface area contributed by atoms with Gasteiger partial charge in [0.15, 0.2) is 0 Å². The largest absolute Gasteiger partial charge is 0.496 e. The van der Waals surface area contributed by atoms with Crippen LogP contribution in [-0.4, -0.2) is 57.8 Å². The number of rotatable bonds is 11. The molecule has 3 aromatic rings. The number of para-hydroxylation sites is 3. The SMILES string of the molecule is COc1ccccc1-c1cccc(CNC(=O)CCCCN2CCN(c3ccccc3OC)CC2)c1. The molecule has 0 radical (unpaired) electrons. The van der Waals surface area contributed by atoms with E-state index in [-0.39, 0.29) is 5.91 Å². The van der Waals surface area contributed by atoms with E-state index in [9.17, 15) is 4.79 Å². The maximum Gasteiger partial charge on any atom is 0.220 e. The molecular formula is C30H37N3O3. The highest BCUT2D eigenvalue weighted by molar-refractivity contribution is 5.76. The van der Waals surface area contributed by atoms with Crippen LogP contribution >= 0.6 is 0 Å². The number of unbranched alkanes of at least 4 members (excludes halogenated alkanes) is 1. The molecule has 36 heavy (non-hydrogen) atoms. The van der Waals surface area contributed by atoms with Crippen molar-refractivity contribution in [1.29, 1.82) is 0 Å². The van der Waals surface area contributed by atoms with Gasteiger partial charge >= 0.3 is 0 Å². The van der Waals surface area contributed by atoms with Crippen molar-refractivity contribution in [3.8, 4) is 22.6 Å². The molecule has 1 heterocycles. The first-order chi connectivity index (χ1) is 17.7. The van der Waals surface area contributed by atoms with E-state index in [1.54, 1.807) is 14.2 Å². The lowest BCUT2D eigenvalue weighted by Gasteiger charge is -2.36. The summed E-state index contributed by atoms with van der Waals surface area (Å²) < 4.78 is 11.0. The van der Waals surface area contributed by atoms with Gasteiger partial charge in [-0.1, -0.05) is 48.5 Å². The average molecular weight is 488 g/mol. The number of piperazine rings is 1. The third kappa shape index (κ3) is 6.79. The second-order valence-corrected chi connectivity index (χ2v) is 9.14. The van der Waals surface area contributed by atoms with Crippen molar-refractivity contribution in [2.45, 2.75) is 25.8 Å². The van der Waals surface area contributed by atoms with Crippen molar-refractivity contribution in [3.63, 3.8) is 0 Å². The van der Waals surface area contributed by atoms with E-state index in [1.165, 1.54) is 5.69 Å². The second kappa shape index (κ2) is 13.0. The van der Waals surface area contributed by atoms with E-state index in [0.29, 0.717) is 13.0 Å². The van der Waals surface area contributed by atoms with Crippen molar-refractivity contribution in [2.24, 2.45) is 0 Å². The summed E-state index contributed by atoms with van der Waals surface area (Å²) in [5.74, 6) is 1.89. The quantitative estimate of drug-likeness (QED) is 0.387. The Labute approximate surface area is 214 Å². The Balaban J connectivity index is 1.15. The molecule has 1 fully saturated rings. The Bertz CT molecular complexity index is 1130. The van der Waals surface area contributed by atoms with Crippen LogP contribution in [0.5, 0.6) is 11.5 Å². The fraction of sp³-hybridized carbons (Fsp3) is 0.367. The molecular weight excluding hydrogens is 450 g/mol. The summed E-state index contributed by atoms with van der Waals surface area (Å²) >= 11 is 0. The van der Waals surface area contributed by atoms with E-state index in [1.807, 2.05) is 42.5 Å². The predicted octanol–water partition coefficient (Wildman–Crippen LogP) is 4.98. The number of hydrogen-bond acceptors (Lipinski definition) is 5. The molecule has 1 aliphatic rings. The summed E-state index contributed by atoms with van der Waals surface area (Å²) in [5, 5.41) is 3.08. The summed E-state index contributed by atoms with van der Waals surface area (Å²) in [6, 6.07) is 24.5. The molecule has 3 aromatic carbocycles. The number of benzene rings is 3. The number of nitrogens with one attached hydrogen (secondary N) is 1. The van der Waals surface area contributed by atoms with Gasteiger partial charge in [-0.15, -0.1) is 0 Å². The zero-order valence-electron chi connectivity index (χ0n) is 21.4. The van der Waals surface area contributed by atoms with Crippen LogP contribution in [-0.2, 0) is 11.3 Å². The minimum Gasteiger partial charge on any atom is -0.496 e. The van der Waals surface area contributed by atoms with Crippen LogP contribution in [0.4, 0.5) is 5.69 Å². The van der Waals surface area contributed by atoms with Crippen LogP contribution in [0.2, 0.25) is 0 Å². The van der Waals surface area contributed by atoms with Gasteiger partial charge in [-0.2, -0.15) is 0 Å². The molecule has 0 unspecified atom stereocenters. The van der Waals surface area contributed by atoms with Crippen molar-refractivity contribution < 1.29 is 14.3 Å². The minimum absolute atomic E-state index is 0.110. The normalized spacial score (nSPS) is 13.9. The second-order valence-electron chi connectivity index (χ2n) is 9.14. The highest BCUT2D eigenvalue weighted by Crippen LogP contribution is 2.30. The van der Waals surface area contributed by atoms with Crippen molar-refractivity contribution in [2.75, 3.05) is 51.8 Å². The zero-order valence-corrected chi connectivity index (χ0v) is 21.4. The molecule has 190 valence electrons. The molecule has 6 nitrogen and oxygen atoms in total. The van der Waals surface area contributed by atoms with E-state index in [2.05, 4.69) is 45.4 Å². The summed E-state index contributed by atoms with van der Waals surface area (Å²) in [5.41, 5.74) is 4.39. The van der Waals surface area contributed by atoms with Crippen LogP contribution in [0.1, 0.15) is 24.8 Å². The van der Waals surface area contributed by atoms with Crippen LogP contribution in [0, 0.1) is 0 Å². The monoisotopic (exact) mass is 487 g/mol. The number of nitrogens with zero attached hydrogens (tertiary/aromatic N) is 2. The highest BCUT2D eigenvalue weighted by atomic mass is 16.5. The third-order valence-corrected chi connectivity index (χ3v) is 6.76. The average Bonchev–Trinajstić information content (AvgIpc) is 2.94. The van der Waals surface area contributed by atoms with Crippen molar-refractivity contribution in [3.05, 3.63) is 78.4 Å². The lowest BCUT2D eigenvalue weighted by molar-refractivity contribution is -0.121. The van der Waals surface area contributed by atoms with Crippen LogP contribution in [0.3, 0.4) is 0 Å². The first kappa shape index (κ1) is 25.6. The molecule has 0 atom stereocenters. The molecule has 0 bridgehead atoms. The topological polar surface area (TPSA) is 54.0 Å². The van der Waals surface area contributed by atoms with Gasteiger partial charge < -0.3 is 19.7 Å². The maximum absolute atomic E-state index is 12.4. The maximum atomic E-state index is 12.4. The van der Waals surface area contributed by atoms with Crippen LogP contribution < -0.4 is 19.7 Å². The molecule has 1 aliphatic heterocycles. The predicted molar refractivity (Wildman–Crippen MR) is 146 cm³/mol. The van der Waals surface area contributed by atoms with Gasteiger partial charge in [-0.05, 0) is 54.8 Å². The first-order valence-electron chi connectivity index (χ1n) is 12.8. The molecule has 1 N–H and O–H groups in total. The molecule has 4 rings (SSSR count). The Morgan fingerprint density at radius 3 is 2.33 bits per heavy atom. The molecule has 6 heteroatoms. The lowest BCUT2D eigenvalue weighted by atomic mass is 10.0. The summed E-state index contributed by atoms with van der Waals surface area (Å²) in [6.45, 7) is 5.63. The van der Waals surface area contributed by atoms with E-state index in [4.69, 9.17) is 9.47 Å². The molecule has 0 aromatic heterocycles. The first-order valence-corrected chi connectivity index (χ1v) is 12.8. The number of hydrogen-bond donors (Lipinski definition) is 1. The van der Waals surface area contributed by atoms with Crippen LogP contribution in [0.25, 0.3) is 11.1 Å². The molecule has 0 saturated carbocycles. The minimum atomic E-state index is 0.110. The number of carbonyl (C=O) groups excluding carboxylic acids is 1. The van der Waals surface area contributed by atoms with E-state index < -0.39 is 0 Å². The van der Waals surface area contributed by atoms with Gasteiger partial charge in [-0.3, -0.25) is 9.69 Å². The van der Waals surface area contributed by atoms with Crippen molar-refractivity contribution in [1.82, 2.24) is 10.2 Å². The summed E-state index contributed by atoms with van der Waals surface area (Å²) in [7, 11) is 3.41.